The third-order valence-corrected chi connectivity index (χ3v) is 3.39. The molecule has 6 heteroatoms. The fourth-order valence-electron chi connectivity index (χ4n) is 2.02. The van der Waals surface area contributed by atoms with Gasteiger partial charge in [-0.15, -0.1) is 0 Å². The van der Waals surface area contributed by atoms with Gasteiger partial charge in [0.05, 0.1) is 12.4 Å². The second-order valence-electron chi connectivity index (χ2n) is 4.70. The summed E-state index contributed by atoms with van der Waals surface area (Å²) in [4.78, 5) is 0. The summed E-state index contributed by atoms with van der Waals surface area (Å²) >= 11 is 0. The van der Waals surface area contributed by atoms with Crippen molar-refractivity contribution < 1.29 is 17.3 Å². The van der Waals surface area contributed by atoms with Crippen LogP contribution in [0.2, 0.25) is 0 Å². The number of hydrogen-bond acceptors (Lipinski definition) is 5. The van der Waals surface area contributed by atoms with Crippen molar-refractivity contribution >= 4 is 10.1 Å². The van der Waals surface area contributed by atoms with Crippen LogP contribution in [0.15, 0.2) is 24.3 Å². The molecule has 1 atom stereocenters. The molecule has 1 aliphatic rings. The van der Waals surface area contributed by atoms with E-state index in [-0.39, 0.29) is 0 Å². The van der Waals surface area contributed by atoms with E-state index < -0.39 is 10.1 Å². The lowest BCUT2D eigenvalue weighted by atomic mass is 10.2. The zero-order valence-corrected chi connectivity index (χ0v) is 11.8. The van der Waals surface area contributed by atoms with Crippen LogP contribution in [0.5, 0.6) is 5.75 Å². The summed E-state index contributed by atoms with van der Waals surface area (Å²) in [7, 11) is -3.45. The predicted molar refractivity (Wildman–Crippen MR) is 72.6 cm³/mol. The monoisotopic (exact) mass is 285 g/mol. The van der Waals surface area contributed by atoms with Crippen molar-refractivity contribution in [1.82, 2.24) is 5.32 Å². The Labute approximate surface area is 114 Å². The normalized spacial score (nSPS) is 19.5. The number of ether oxygens (including phenoxy) is 1. The van der Waals surface area contributed by atoms with Crippen LogP contribution in [0.3, 0.4) is 0 Å². The molecule has 1 aromatic carbocycles. The van der Waals surface area contributed by atoms with Crippen LogP contribution in [0.25, 0.3) is 0 Å². The molecular formula is C13H19NO4S. The van der Waals surface area contributed by atoms with E-state index in [9.17, 15) is 8.42 Å². The zero-order valence-electron chi connectivity index (χ0n) is 11.0. The molecule has 0 aliphatic carbocycles. The van der Waals surface area contributed by atoms with Gasteiger partial charge in [-0.05, 0) is 30.5 Å². The molecule has 0 aromatic heterocycles. The van der Waals surface area contributed by atoms with E-state index in [0.717, 1.165) is 44.4 Å². The Morgan fingerprint density at radius 3 is 2.68 bits per heavy atom. The molecule has 0 spiro atoms. The van der Waals surface area contributed by atoms with Crippen LogP contribution in [0, 0.1) is 0 Å². The van der Waals surface area contributed by atoms with Crippen LogP contribution in [0.1, 0.15) is 18.4 Å². The first kappa shape index (κ1) is 14.3. The van der Waals surface area contributed by atoms with Crippen LogP contribution in [-0.2, 0) is 21.4 Å². The van der Waals surface area contributed by atoms with Crippen molar-refractivity contribution in [1.29, 1.82) is 0 Å². The Morgan fingerprint density at radius 1 is 1.37 bits per heavy atom. The standard InChI is InChI=1S/C13H19NO4S/c1-19(15,16)18-12-6-4-11(5-7-12)9-14-10-13-3-2-8-17-13/h4-7,13-14H,2-3,8-10H2,1H3. The third-order valence-electron chi connectivity index (χ3n) is 2.90. The van der Waals surface area contributed by atoms with Gasteiger partial charge in [-0.25, -0.2) is 0 Å². The maximum atomic E-state index is 11.0. The van der Waals surface area contributed by atoms with Gasteiger partial charge in [-0.1, -0.05) is 12.1 Å². The average molecular weight is 285 g/mol. The van der Waals surface area contributed by atoms with E-state index >= 15 is 0 Å². The molecule has 1 saturated heterocycles. The van der Waals surface area contributed by atoms with Gasteiger partial charge in [0.15, 0.2) is 0 Å². The van der Waals surface area contributed by atoms with Crippen LogP contribution >= 0.6 is 0 Å². The molecule has 0 radical (unpaired) electrons. The second kappa shape index (κ2) is 6.36. The first-order chi connectivity index (χ1) is 9.03. The number of benzene rings is 1. The molecule has 1 unspecified atom stereocenters. The van der Waals surface area contributed by atoms with Gasteiger partial charge in [-0.3, -0.25) is 0 Å². The topological polar surface area (TPSA) is 64.6 Å². The van der Waals surface area contributed by atoms with Gasteiger partial charge >= 0.3 is 10.1 Å². The van der Waals surface area contributed by atoms with Gasteiger partial charge in [-0.2, -0.15) is 8.42 Å². The quantitative estimate of drug-likeness (QED) is 0.798. The minimum atomic E-state index is -3.45. The third kappa shape index (κ3) is 5.18. The Kier molecular flexibility index (Phi) is 4.79. The minimum absolute atomic E-state index is 0.327. The summed E-state index contributed by atoms with van der Waals surface area (Å²) < 4.78 is 32.2. The molecule has 2 rings (SSSR count). The predicted octanol–water partition coefficient (Wildman–Crippen LogP) is 1.29. The lowest BCUT2D eigenvalue weighted by Gasteiger charge is -2.11. The Bertz CT molecular complexity index is 492. The largest absolute Gasteiger partial charge is 0.383 e. The first-order valence-corrected chi connectivity index (χ1v) is 8.15. The second-order valence-corrected chi connectivity index (χ2v) is 6.27. The summed E-state index contributed by atoms with van der Waals surface area (Å²) in [5.41, 5.74) is 1.08. The summed E-state index contributed by atoms with van der Waals surface area (Å²) in [5.74, 6) is 0.338. The molecule has 1 aromatic rings. The average Bonchev–Trinajstić information content (AvgIpc) is 2.82. The SMILES string of the molecule is CS(=O)(=O)Oc1ccc(CNCC2CCCO2)cc1. The van der Waals surface area contributed by atoms with E-state index in [1.807, 2.05) is 12.1 Å². The van der Waals surface area contributed by atoms with Crippen LogP contribution in [0.4, 0.5) is 0 Å². The van der Waals surface area contributed by atoms with Gasteiger partial charge in [0.25, 0.3) is 0 Å². The van der Waals surface area contributed by atoms with Crippen molar-refractivity contribution in [2.45, 2.75) is 25.5 Å². The van der Waals surface area contributed by atoms with Crippen LogP contribution < -0.4 is 9.50 Å². The number of nitrogens with one attached hydrogen (secondary N) is 1. The molecule has 19 heavy (non-hydrogen) atoms. The van der Waals surface area contributed by atoms with Crippen molar-refractivity contribution in [2.24, 2.45) is 0 Å². The molecule has 106 valence electrons. The zero-order chi connectivity index (χ0) is 13.7. The highest BCUT2D eigenvalue weighted by Gasteiger charge is 2.14. The van der Waals surface area contributed by atoms with E-state index in [0.29, 0.717) is 11.9 Å². The minimum Gasteiger partial charge on any atom is -0.383 e. The van der Waals surface area contributed by atoms with Gasteiger partial charge in [0.2, 0.25) is 0 Å². The molecule has 1 heterocycles. The summed E-state index contributed by atoms with van der Waals surface area (Å²) in [5, 5.41) is 3.33. The lowest BCUT2D eigenvalue weighted by Crippen LogP contribution is -2.25. The maximum Gasteiger partial charge on any atom is 0.306 e. The number of rotatable bonds is 6. The molecule has 5 nitrogen and oxygen atoms in total. The van der Waals surface area contributed by atoms with E-state index in [1.54, 1.807) is 12.1 Å². The smallest absolute Gasteiger partial charge is 0.306 e. The number of hydrogen-bond donors (Lipinski definition) is 1. The molecule has 0 amide bonds. The molecule has 1 N–H and O–H groups in total. The molecule has 1 fully saturated rings. The lowest BCUT2D eigenvalue weighted by molar-refractivity contribution is 0.110. The van der Waals surface area contributed by atoms with Crippen molar-refractivity contribution in [3.05, 3.63) is 29.8 Å². The Hall–Kier alpha value is -1.11. The first-order valence-electron chi connectivity index (χ1n) is 6.34. The van der Waals surface area contributed by atoms with Gasteiger partial charge in [0, 0.05) is 19.7 Å². The maximum absolute atomic E-state index is 11.0. The van der Waals surface area contributed by atoms with Gasteiger partial charge in [0.1, 0.15) is 5.75 Å². The van der Waals surface area contributed by atoms with E-state index in [1.165, 1.54) is 0 Å². The highest BCUT2D eigenvalue weighted by molar-refractivity contribution is 7.86. The van der Waals surface area contributed by atoms with Crippen LogP contribution in [-0.4, -0.2) is 33.9 Å². The van der Waals surface area contributed by atoms with Crippen molar-refractivity contribution in [3.63, 3.8) is 0 Å². The van der Waals surface area contributed by atoms with Crippen molar-refractivity contribution in [2.75, 3.05) is 19.4 Å². The summed E-state index contributed by atoms with van der Waals surface area (Å²) in [6.07, 6.45) is 3.62. The Morgan fingerprint density at radius 2 is 2.11 bits per heavy atom. The van der Waals surface area contributed by atoms with E-state index in [2.05, 4.69) is 5.32 Å². The fraction of sp³-hybridized carbons (Fsp3) is 0.538. The van der Waals surface area contributed by atoms with Gasteiger partial charge < -0.3 is 14.2 Å². The van der Waals surface area contributed by atoms with E-state index in [4.69, 9.17) is 8.92 Å². The molecule has 0 saturated carbocycles. The fourth-order valence-corrected chi connectivity index (χ4v) is 2.48. The highest BCUT2D eigenvalue weighted by atomic mass is 32.2. The summed E-state index contributed by atoms with van der Waals surface area (Å²) in [6.45, 7) is 2.45. The molecule has 1 aliphatic heterocycles. The molecular weight excluding hydrogens is 266 g/mol. The van der Waals surface area contributed by atoms with Crippen molar-refractivity contribution in [3.8, 4) is 5.75 Å². The summed E-state index contributed by atoms with van der Waals surface area (Å²) in [6, 6.07) is 7.01. The molecule has 0 bridgehead atoms. The Balaban J connectivity index is 1.78. The highest BCUT2D eigenvalue weighted by Crippen LogP contribution is 2.14.